The van der Waals surface area contributed by atoms with Gasteiger partial charge in [0.25, 0.3) is 0 Å². The van der Waals surface area contributed by atoms with Gasteiger partial charge in [-0.3, -0.25) is 0 Å². The van der Waals surface area contributed by atoms with E-state index in [1.807, 2.05) is 12.1 Å². The predicted octanol–water partition coefficient (Wildman–Crippen LogP) is 5.38. The molecule has 0 aliphatic carbocycles. The van der Waals surface area contributed by atoms with Gasteiger partial charge in [-0.15, -0.1) is 0 Å². The molecule has 26 heavy (non-hydrogen) atoms. The maximum Gasteiger partial charge on any atom is 0.418 e. The van der Waals surface area contributed by atoms with Crippen LogP contribution in [-0.2, 0) is 9.13 Å². The topological polar surface area (TPSA) is 71.1 Å². The summed E-state index contributed by atoms with van der Waals surface area (Å²) in [7, 11) is -5.59. The first-order valence-corrected chi connectivity index (χ1v) is 10.1. The Morgan fingerprint density at radius 3 is 1.23 bits per heavy atom. The third-order valence-electron chi connectivity index (χ3n) is 3.10. The zero-order chi connectivity index (χ0) is 18.2. The van der Waals surface area contributed by atoms with Crippen LogP contribution in [0.15, 0.2) is 84.9 Å². The van der Waals surface area contributed by atoms with E-state index in [0.29, 0.717) is 11.5 Å². The highest BCUT2D eigenvalue weighted by atomic mass is 31.1. The van der Waals surface area contributed by atoms with E-state index in [1.165, 1.54) is 6.07 Å². The maximum atomic E-state index is 12.0. The first-order valence-electron chi connectivity index (χ1n) is 7.68. The average Bonchev–Trinajstić information content (AvgIpc) is 2.63. The minimum absolute atomic E-state index is 0.275. The summed E-state index contributed by atoms with van der Waals surface area (Å²) in [5, 5.41) is 0. The Hall–Kier alpha value is -2.68. The zero-order valence-corrected chi connectivity index (χ0v) is 15.5. The first kappa shape index (κ1) is 18.1. The third-order valence-corrected chi connectivity index (χ3v) is 4.71. The lowest BCUT2D eigenvalue weighted by molar-refractivity contribution is 0.409. The highest BCUT2D eigenvalue weighted by molar-refractivity contribution is 7.34. The third kappa shape index (κ3) is 5.69. The van der Waals surface area contributed by atoms with E-state index in [-0.39, 0.29) is 11.5 Å². The minimum Gasteiger partial charge on any atom is -0.418 e. The molecule has 3 rings (SSSR count). The first-order chi connectivity index (χ1) is 12.7. The number of hydrogen-bond donors (Lipinski definition) is 0. The van der Waals surface area contributed by atoms with E-state index in [2.05, 4.69) is 0 Å². The summed E-state index contributed by atoms with van der Waals surface area (Å²) in [6.45, 7) is 0. The van der Waals surface area contributed by atoms with Crippen molar-refractivity contribution < 1.29 is 27.2 Å². The lowest BCUT2D eigenvalue weighted by Crippen LogP contribution is -1.91. The van der Waals surface area contributed by atoms with Crippen LogP contribution in [-0.4, -0.2) is 0 Å². The molecule has 0 aliphatic heterocycles. The van der Waals surface area contributed by atoms with Crippen molar-refractivity contribution >= 4 is 16.5 Å². The van der Waals surface area contributed by atoms with E-state index >= 15 is 0 Å². The van der Waals surface area contributed by atoms with Crippen molar-refractivity contribution in [3.8, 4) is 23.0 Å². The van der Waals surface area contributed by atoms with Gasteiger partial charge in [-0.05, 0) is 36.4 Å². The summed E-state index contributed by atoms with van der Waals surface area (Å²) in [5.41, 5.74) is 0. The lowest BCUT2D eigenvalue weighted by Gasteiger charge is -2.10. The second-order valence-electron chi connectivity index (χ2n) is 5.01. The van der Waals surface area contributed by atoms with Gasteiger partial charge < -0.3 is 18.1 Å². The molecule has 0 saturated carbocycles. The molecule has 0 spiro atoms. The van der Waals surface area contributed by atoms with E-state index < -0.39 is 16.5 Å². The van der Waals surface area contributed by atoms with Crippen molar-refractivity contribution in [3.63, 3.8) is 0 Å². The summed E-state index contributed by atoms with van der Waals surface area (Å²) in [6, 6.07) is 23.7. The van der Waals surface area contributed by atoms with Gasteiger partial charge in [-0.25, -0.2) is 9.13 Å². The monoisotopic (exact) mass is 390 g/mol. The predicted molar refractivity (Wildman–Crippen MR) is 99.8 cm³/mol. The van der Waals surface area contributed by atoms with Crippen molar-refractivity contribution in [2.45, 2.75) is 0 Å². The Morgan fingerprint density at radius 1 is 0.462 bits per heavy atom. The molecule has 2 atom stereocenters. The smallest absolute Gasteiger partial charge is 0.418 e. The molecule has 134 valence electrons. The standard InChI is InChI=1S/C18H16O6P2/c19-25(21-15-8-3-1-4-9-15)23-17-12-7-13-18(14-17)24-26(20)22-16-10-5-2-6-11-16/h1-14,25-26H. The van der Waals surface area contributed by atoms with Crippen molar-refractivity contribution in [3.05, 3.63) is 84.9 Å². The molecule has 3 aromatic rings. The Labute approximate surface area is 152 Å². The molecule has 2 unspecified atom stereocenters. The molecule has 8 heteroatoms. The quantitative estimate of drug-likeness (QED) is 0.481. The van der Waals surface area contributed by atoms with Gasteiger partial charge in [0.1, 0.15) is 23.0 Å². The highest BCUT2D eigenvalue weighted by Gasteiger charge is 2.08. The molecule has 0 amide bonds. The average molecular weight is 390 g/mol. The fraction of sp³-hybridized carbons (Fsp3) is 0. The second-order valence-corrected chi connectivity index (χ2v) is 6.83. The maximum absolute atomic E-state index is 12.0. The molecule has 0 bridgehead atoms. The second kappa shape index (κ2) is 9.14. The minimum atomic E-state index is -2.79. The van der Waals surface area contributed by atoms with Crippen LogP contribution in [0, 0.1) is 0 Å². The number of para-hydroxylation sites is 2. The van der Waals surface area contributed by atoms with Crippen LogP contribution in [0.5, 0.6) is 23.0 Å². The number of hydrogen-bond acceptors (Lipinski definition) is 6. The fourth-order valence-electron chi connectivity index (χ4n) is 2.00. The number of rotatable bonds is 8. The summed E-state index contributed by atoms with van der Waals surface area (Å²) in [5.74, 6) is 1.45. The van der Waals surface area contributed by atoms with E-state index in [1.54, 1.807) is 66.7 Å². The summed E-state index contributed by atoms with van der Waals surface area (Å²) < 4.78 is 44.9. The molecule has 3 aromatic carbocycles. The van der Waals surface area contributed by atoms with Gasteiger partial charge in [-0.2, -0.15) is 0 Å². The molecule has 0 fully saturated rings. The highest BCUT2D eigenvalue weighted by Crippen LogP contribution is 2.35. The molecule has 0 aromatic heterocycles. The van der Waals surface area contributed by atoms with Crippen LogP contribution in [0.25, 0.3) is 0 Å². The normalized spacial score (nSPS) is 12.6. The van der Waals surface area contributed by atoms with Crippen LogP contribution in [0.2, 0.25) is 0 Å². The molecule has 0 aliphatic rings. The Kier molecular flexibility index (Phi) is 6.37. The van der Waals surface area contributed by atoms with Crippen molar-refractivity contribution in [2.24, 2.45) is 0 Å². The van der Waals surface area contributed by atoms with Crippen LogP contribution in [0.4, 0.5) is 0 Å². The van der Waals surface area contributed by atoms with Crippen molar-refractivity contribution in [1.29, 1.82) is 0 Å². The van der Waals surface area contributed by atoms with Crippen LogP contribution < -0.4 is 18.1 Å². The Morgan fingerprint density at radius 2 is 0.808 bits per heavy atom. The van der Waals surface area contributed by atoms with Crippen molar-refractivity contribution in [2.75, 3.05) is 0 Å². The number of benzene rings is 3. The molecular weight excluding hydrogens is 374 g/mol. The Balaban J connectivity index is 1.57. The lowest BCUT2D eigenvalue weighted by atomic mass is 10.3. The molecule has 0 heterocycles. The van der Waals surface area contributed by atoms with Gasteiger partial charge in [0.2, 0.25) is 0 Å². The van der Waals surface area contributed by atoms with Gasteiger partial charge in [0.05, 0.1) is 0 Å². The van der Waals surface area contributed by atoms with Gasteiger partial charge in [0.15, 0.2) is 0 Å². The van der Waals surface area contributed by atoms with Gasteiger partial charge in [-0.1, -0.05) is 42.5 Å². The molecular formula is C18H16O6P2. The van der Waals surface area contributed by atoms with Crippen LogP contribution >= 0.6 is 16.5 Å². The fourth-order valence-corrected chi connectivity index (χ4v) is 3.38. The van der Waals surface area contributed by atoms with Gasteiger partial charge >= 0.3 is 16.5 Å². The Bertz CT molecular complexity index is 816. The SMILES string of the molecule is O=[PH](Oc1ccccc1)Oc1cccc(O[PH](=O)Oc2ccccc2)c1. The van der Waals surface area contributed by atoms with E-state index in [4.69, 9.17) is 18.1 Å². The van der Waals surface area contributed by atoms with Crippen LogP contribution in [0.3, 0.4) is 0 Å². The summed E-state index contributed by atoms with van der Waals surface area (Å²) >= 11 is 0. The molecule has 0 N–H and O–H groups in total. The van der Waals surface area contributed by atoms with Crippen molar-refractivity contribution in [1.82, 2.24) is 0 Å². The molecule has 0 radical (unpaired) electrons. The molecule has 6 nitrogen and oxygen atoms in total. The van der Waals surface area contributed by atoms with E-state index in [9.17, 15) is 9.13 Å². The zero-order valence-electron chi connectivity index (χ0n) is 13.5. The van der Waals surface area contributed by atoms with Gasteiger partial charge in [0, 0.05) is 6.07 Å². The summed E-state index contributed by atoms with van der Waals surface area (Å²) in [6.07, 6.45) is 0. The molecule has 0 saturated heterocycles. The van der Waals surface area contributed by atoms with E-state index in [0.717, 1.165) is 0 Å². The van der Waals surface area contributed by atoms with Crippen LogP contribution in [0.1, 0.15) is 0 Å². The largest absolute Gasteiger partial charge is 0.418 e. The summed E-state index contributed by atoms with van der Waals surface area (Å²) in [4.78, 5) is 0.